The predicted octanol–water partition coefficient (Wildman–Crippen LogP) is 5.43. The molecule has 3 heteroatoms. The smallest absolute Gasteiger partial charge is 0.339 e. The molecule has 0 fully saturated rings. The van der Waals surface area contributed by atoms with E-state index in [1.165, 1.54) is 0 Å². The highest BCUT2D eigenvalue weighted by molar-refractivity contribution is 7.99. The Hall–Kier alpha value is -2.52. The van der Waals surface area contributed by atoms with Gasteiger partial charge in [0, 0.05) is 4.90 Å². The Balaban J connectivity index is 1.79. The first kappa shape index (κ1) is 15.0. The summed E-state index contributed by atoms with van der Waals surface area (Å²) >= 11 is 1.73. The zero-order valence-electron chi connectivity index (χ0n) is 13.0. The highest BCUT2D eigenvalue weighted by Crippen LogP contribution is 2.49. The van der Waals surface area contributed by atoms with Crippen LogP contribution < -0.4 is 0 Å². The molecule has 1 aliphatic heterocycles. The fourth-order valence-electron chi connectivity index (χ4n) is 2.99. The van der Waals surface area contributed by atoms with Crippen LogP contribution in [0.2, 0.25) is 0 Å². The summed E-state index contributed by atoms with van der Waals surface area (Å²) in [6.45, 7) is 0. The van der Waals surface area contributed by atoms with Crippen LogP contribution in [0.5, 0.6) is 0 Å². The lowest BCUT2D eigenvalue weighted by Gasteiger charge is -2.33. The number of hydrogen-bond donors (Lipinski definition) is 0. The van der Waals surface area contributed by atoms with Crippen molar-refractivity contribution in [3.05, 3.63) is 102 Å². The van der Waals surface area contributed by atoms with Crippen molar-refractivity contribution in [2.75, 3.05) is 0 Å². The summed E-state index contributed by atoms with van der Waals surface area (Å²) in [6.07, 6.45) is -0.293. The van der Waals surface area contributed by atoms with E-state index in [0.717, 1.165) is 16.0 Å². The molecule has 0 spiro atoms. The number of rotatable bonds is 3. The van der Waals surface area contributed by atoms with Gasteiger partial charge in [0.15, 0.2) is 0 Å². The fourth-order valence-corrected chi connectivity index (χ4v) is 4.27. The largest absolute Gasteiger partial charge is 0.452 e. The van der Waals surface area contributed by atoms with E-state index in [4.69, 9.17) is 4.74 Å². The molecule has 0 aliphatic carbocycles. The number of fused-ring (bicyclic) bond motifs is 1. The van der Waals surface area contributed by atoms with Crippen molar-refractivity contribution in [3.8, 4) is 0 Å². The van der Waals surface area contributed by atoms with Crippen molar-refractivity contribution in [2.24, 2.45) is 0 Å². The van der Waals surface area contributed by atoms with Gasteiger partial charge in [0.05, 0.1) is 10.8 Å². The van der Waals surface area contributed by atoms with Gasteiger partial charge in [-0.2, -0.15) is 0 Å². The normalized spacial score (nSPS) is 19.4. The van der Waals surface area contributed by atoms with Crippen molar-refractivity contribution in [1.29, 1.82) is 0 Å². The molecule has 3 aromatic carbocycles. The van der Waals surface area contributed by atoms with Crippen LogP contribution in [0.25, 0.3) is 0 Å². The van der Waals surface area contributed by atoms with Gasteiger partial charge in [-0.1, -0.05) is 66.7 Å². The molecule has 0 amide bonds. The fraction of sp³-hybridized carbons (Fsp3) is 0.0952. The Morgan fingerprint density at radius 2 is 1.38 bits per heavy atom. The van der Waals surface area contributed by atoms with Crippen LogP contribution >= 0.6 is 11.8 Å². The molecule has 0 N–H and O–H groups in total. The standard InChI is InChI=1S/C21H16O2S/c22-21-18-14-8-7-13-17(18)20(24-16-11-5-2-6-12-16)19(23-21)15-9-3-1-4-10-15/h1-14,19-20H/t19-,20-/m0/s1. The molecule has 0 unspecified atom stereocenters. The lowest BCUT2D eigenvalue weighted by Crippen LogP contribution is -2.24. The summed E-state index contributed by atoms with van der Waals surface area (Å²) in [6, 6.07) is 28.0. The van der Waals surface area contributed by atoms with E-state index in [0.29, 0.717) is 5.56 Å². The molecule has 0 saturated heterocycles. The van der Waals surface area contributed by atoms with Gasteiger partial charge in [-0.15, -0.1) is 11.8 Å². The quantitative estimate of drug-likeness (QED) is 0.598. The summed E-state index contributed by atoms with van der Waals surface area (Å²) in [5, 5.41) is 0.0312. The van der Waals surface area contributed by atoms with E-state index in [1.807, 2.05) is 72.8 Å². The van der Waals surface area contributed by atoms with Crippen LogP contribution in [-0.4, -0.2) is 5.97 Å². The van der Waals surface area contributed by atoms with Gasteiger partial charge in [-0.3, -0.25) is 0 Å². The molecule has 3 aromatic rings. The highest BCUT2D eigenvalue weighted by atomic mass is 32.2. The molecule has 24 heavy (non-hydrogen) atoms. The van der Waals surface area contributed by atoms with Crippen LogP contribution in [0, 0.1) is 0 Å². The van der Waals surface area contributed by atoms with Gasteiger partial charge >= 0.3 is 5.97 Å². The van der Waals surface area contributed by atoms with E-state index >= 15 is 0 Å². The first-order valence-corrected chi connectivity index (χ1v) is 8.77. The lowest BCUT2D eigenvalue weighted by molar-refractivity contribution is 0.0244. The van der Waals surface area contributed by atoms with E-state index in [2.05, 4.69) is 12.1 Å². The topological polar surface area (TPSA) is 26.3 Å². The second-order valence-electron chi connectivity index (χ2n) is 5.68. The van der Waals surface area contributed by atoms with Crippen LogP contribution in [0.4, 0.5) is 0 Å². The maximum atomic E-state index is 12.4. The van der Waals surface area contributed by atoms with E-state index in [9.17, 15) is 4.79 Å². The third-order valence-electron chi connectivity index (χ3n) is 4.13. The summed E-state index contributed by atoms with van der Waals surface area (Å²) in [4.78, 5) is 13.6. The molecule has 2 nitrogen and oxygen atoms in total. The van der Waals surface area contributed by atoms with Crippen LogP contribution in [-0.2, 0) is 4.74 Å². The zero-order valence-corrected chi connectivity index (χ0v) is 13.8. The number of esters is 1. The molecule has 0 bridgehead atoms. The zero-order chi connectivity index (χ0) is 16.4. The van der Waals surface area contributed by atoms with Crippen molar-refractivity contribution >= 4 is 17.7 Å². The summed E-state index contributed by atoms with van der Waals surface area (Å²) in [5.41, 5.74) is 2.73. The Bertz CT molecular complexity index is 846. The minimum absolute atomic E-state index is 0.0312. The Kier molecular flexibility index (Phi) is 4.09. The van der Waals surface area contributed by atoms with Gasteiger partial charge in [-0.05, 0) is 29.3 Å². The second-order valence-corrected chi connectivity index (χ2v) is 6.89. The molecule has 118 valence electrons. The van der Waals surface area contributed by atoms with E-state index in [-0.39, 0.29) is 17.3 Å². The molecule has 0 aromatic heterocycles. The molecular formula is C21H16O2S. The van der Waals surface area contributed by atoms with Crippen LogP contribution in [0.3, 0.4) is 0 Å². The molecular weight excluding hydrogens is 316 g/mol. The highest BCUT2D eigenvalue weighted by Gasteiger charge is 2.37. The predicted molar refractivity (Wildman–Crippen MR) is 96.1 cm³/mol. The molecule has 0 saturated carbocycles. The SMILES string of the molecule is O=C1O[C@@H](c2ccccc2)[C@@H](Sc2ccccc2)c2ccccc21. The average Bonchev–Trinajstić information content (AvgIpc) is 2.65. The Labute approximate surface area is 145 Å². The van der Waals surface area contributed by atoms with Gasteiger partial charge in [-0.25, -0.2) is 4.79 Å². The Morgan fingerprint density at radius 1 is 0.750 bits per heavy atom. The minimum atomic E-state index is -0.293. The maximum absolute atomic E-state index is 12.4. The lowest BCUT2D eigenvalue weighted by atomic mass is 9.94. The molecule has 1 aliphatic rings. The number of ether oxygens (including phenoxy) is 1. The summed E-state index contributed by atoms with van der Waals surface area (Å²) in [7, 11) is 0. The van der Waals surface area contributed by atoms with E-state index < -0.39 is 0 Å². The van der Waals surface area contributed by atoms with Crippen molar-refractivity contribution in [1.82, 2.24) is 0 Å². The van der Waals surface area contributed by atoms with Crippen molar-refractivity contribution < 1.29 is 9.53 Å². The molecule has 1 heterocycles. The van der Waals surface area contributed by atoms with Gasteiger partial charge in [0.2, 0.25) is 0 Å². The molecule has 2 atom stereocenters. The maximum Gasteiger partial charge on any atom is 0.339 e. The first-order valence-electron chi connectivity index (χ1n) is 7.89. The number of carbonyl (C=O) groups excluding carboxylic acids is 1. The monoisotopic (exact) mass is 332 g/mol. The number of thioether (sulfide) groups is 1. The summed E-state index contributed by atoms with van der Waals surface area (Å²) in [5.74, 6) is -0.246. The first-order chi connectivity index (χ1) is 11.8. The second kappa shape index (κ2) is 6.54. The van der Waals surface area contributed by atoms with E-state index in [1.54, 1.807) is 11.8 Å². The Morgan fingerprint density at radius 3 is 2.12 bits per heavy atom. The molecule has 0 radical (unpaired) electrons. The number of benzene rings is 3. The van der Waals surface area contributed by atoms with Crippen LogP contribution in [0.15, 0.2) is 89.8 Å². The number of carbonyl (C=O) groups is 1. The van der Waals surface area contributed by atoms with Gasteiger partial charge in [0.1, 0.15) is 6.10 Å². The van der Waals surface area contributed by atoms with Gasteiger partial charge < -0.3 is 4.74 Å². The van der Waals surface area contributed by atoms with Crippen molar-refractivity contribution in [2.45, 2.75) is 16.2 Å². The third kappa shape index (κ3) is 2.83. The average molecular weight is 332 g/mol. The number of hydrogen-bond acceptors (Lipinski definition) is 3. The van der Waals surface area contributed by atoms with Crippen LogP contribution in [0.1, 0.15) is 32.8 Å². The number of cyclic esters (lactones) is 1. The minimum Gasteiger partial charge on any atom is -0.452 e. The third-order valence-corrected chi connectivity index (χ3v) is 5.43. The van der Waals surface area contributed by atoms with Crippen molar-refractivity contribution in [3.63, 3.8) is 0 Å². The van der Waals surface area contributed by atoms with Gasteiger partial charge in [0.25, 0.3) is 0 Å². The molecule has 4 rings (SSSR count). The summed E-state index contributed by atoms with van der Waals surface area (Å²) < 4.78 is 5.82.